The molecule has 2 rings (SSSR count). The van der Waals surface area contributed by atoms with E-state index in [4.69, 9.17) is 4.74 Å². The van der Waals surface area contributed by atoms with Crippen molar-refractivity contribution in [2.24, 2.45) is 17.3 Å². The van der Waals surface area contributed by atoms with Crippen LogP contribution in [0.25, 0.3) is 0 Å². The highest BCUT2D eigenvalue weighted by Crippen LogP contribution is 2.39. The number of carboxylic acids is 1. The van der Waals surface area contributed by atoms with Crippen molar-refractivity contribution >= 4 is 11.9 Å². The van der Waals surface area contributed by atoms with Crippen LogP contribution in [0.15, 0.2) is 18.2 Å². The van der Waals surface area contributed by atoms with E-state index in [1.807, 2.05) is 0 Å². The van der Waals surface area contributed by atoms with Gasteiger partial charge in [0.2, 0.25) is 5.91 Å². The first-order valence-electron chi connectivity index (χ1n) is 8.90. The molecule has 0 unspecified atom stereocenters. The number of methoxy groups -OCH3 is 1. The summed E-state index contributed by atoms with van der Waals surface area (Å²) in [6, 6.07) is 4.96. The Kier molecular flexibility index (Phi) is 6.09. The van der Waals surface area contributed by atoms with Crippen LogP contribution >= 0.6 is 0 Å². The van der Waals surface area contributed by atoms with Gasteiger partial charge in [-0.2, -0.15) is 0 Å². The monoisotopic (exact) mass is 347 g/mol. The van der Waals surface area contributed by atoms with E-state index in [1.54, 1.807) is 18.2 Å². The van der Waals surface area contributed by atoms with Crippen molar-refractivity contribution in [1.29, 1.82) is 0 Å². The number of hydrogen-bond donors (Lipinski definition) is 2. The molecule has 0 spiro atoms. The van der Waals surface area contributed by atoms with E-state index >= 15 is 0 Å². The second kappa shape index (κ2) is 7.89. The molecule has 1 aromatic rings. The second-order valence-electron chi connectivity index (χ2n) is 7.97. The predicted octanol–water partition coefficient (Wildman–Crippen LogP) is 3.86. The predicted molar refractivity (Wildman–Crippen MR) is 96.7 cm³/mol. The molecule has 1 fully saturated rings. The average molecular weight is 347 g/mol. The minimum absolute atomic E-state index is 0.0655. The maximum atomic E-state index is 12.4. The van der Waals surface area contributed by atoms with Crippen LogP contribution in [0, 0.1) is 17.3 Å². The number of benzene rings is 1. The Balaban J connectivity index is 1.91. The Morgan fingerprint density at radius 1 is 1.20 bits per heavy atom. The van der Waals surface area contributed by atoms with Gasteiger partial charge in [-0.15, -0.1) is 0 Å². The number of carboxylic acid groups (broad SMARTS) is 1. The van der Waals surface area contributed by atoms with Crippen molar-refractivity contribution in [2.45, 2.75) is 53.0 Å². The lowest BCUT2D eigenvalue weighted by Gasteiger charge is -2.36. The van der Waals surface area contributed by atoms with E-state index in [1.165, 1.54) is 7.11 Å². The molecule has 0 bridgehead atoms. The normalized spacial score (nSPS) is 20.8. The number of aromatic carboxylic acids is 1. The molecule has 0 aliphatic heterocycles. The van der Waals surface area contributed by atoms with E-state index in [0.717, 1.165) is 31.2 Å². The summed E-state index contributed by atoms with van der Waals surface area (Å²) in [5.74, 6) is 0.0979. The molecule has 0 radical (unpaired) electrons. The van der Waals surface area contributed by atoms with Crippen LogP contribution in [0.4, 0.5) is 0 Å². The van der Waals surface area contributed by atoms with Gasteiger partial charge in [0.15, 0.2) is 0 Å². The Bertz CT molecular complexity index is 625. The molecule has 0 aromatic heterocycles. The SMILES string of the molecule is COc1ccc(CNC(=O)C2CCC(C(C)(C)C)CC2)cc1C(=O)O. The summed E-state index contributed by atoms with van der Waals surface area (Å²) in [7, 11) is 1.44. The van der Waals surface area contributed by atoms with Crippen LogP contribution in [-0.2, 0) is 11.3 Å². The summed E-state index contributed by atoms with van der Waals surface area (Å²) in [6.45, 7) is 7.13. The summed E-state index contributed by atoms with van der Waals surface area (Å²) in [6.07, 6.45) is 4.04. The van der Waals surface area contributed by atoms with Crippen LogP contribution in [0.3, 0.4) is 0 Å². The zero-order chi connectivity index (χ0) is 18.6. The summed E-state index contributed by atoms with van der Waals surface area (Å²) in [5, 5.41) is 12.2. The highest BCUT2D eigenvalue weighted by molar-refractivity contribution is 5.91. The zero-order valence-electron chi connectivity index (χ0n) is 15.6. The van der Waals surface area contributed by atoms with Crippen LogP contribution in [0.1, 0.15) is 62.4 Å². The van der Waals surface area contributed by atoms with Crippen molar-refractivity contribution in [3.8, 4) is 5.75 Å². The quantitative estimate of drug-likeness (QED) is 0.848. The van der Waals surface area contributed by atoms with Gasteiger partial charge in [-0.3, -0.25) is 4.79 Å². The van der Waals surface area contributed by atoms with Gasteiger partial charge >= 0.3 is 5.97 Å². The molecule has 5 heteroatoms. The Morgan fingerprint density at radius 3 is 2.36 bits per heavy atom. The van der Waals surface area contributed by atoms with Crippen molar-refractivity contribution in [3.63, 3.8) is 0 Å². The number of ether oxygens (including phenoxy) is 1. The van der Waals surface area contributed by atoms with Gasteiger partial charge in [0.25, 0.3) is 0 Å². The third-order valence-electron chi connectivity index (χ3n) is 5.28. The number of carbonyl (C=O) groups is 2. The van der Waals surface area contributed by atoms with Gasteiger partial charge in [0, 0.05) is 12.5 Å². The molecule has 1 amide bonds. The van der Waals surface area contributed by atoms with Crippen molar-refractivity contribution < 1.29 is 19.4 Å². The lowest BCUT2D eigenvalue weighted by molar-refractivity contribution is -0.126. The molecule has 5 nitrogen and oxygen atoms in total. The van der Waals surface area contributed by atoms with Crippen molar-refractivity contribution in [3.05, 3.63) is 29.3 Å². The highest BCUT2D eigenvalue weighted by atomic mass is 16.5. The fourth-order valence-corrected chi connectivity index (χ4v) is 3.59. The molecule has 1 aromatic carbocycles. The highest BCUT2D eigenvalue weighted by Gasteiger charge is 2.32. The molecule has 2 N–H and O–H groups in total. The molecule has 0 saturated heterocycles. The van der Waals surface area contributed by atoms with Gasteiger partial charge in [-0.25, -0.2) is 4.79 Å². The van der Waals surface area contributed by atoms with Crippen molar-refractivity contribution in [2.75, 3.05) is 7.11 Å². The maximum Gasteiger partial charge on any atom is 0.339 e. The molecule has 0 atom stereocenters. The van der Waals surface area contributed by atoms with E-state index < -0.39 is 5.97 Å². The lowest BCUT2D eigenvalue weighted by Crippen LogP contribution is -2.35. The first-order chi connectivity index (χ1) is 11.7. The van der Waals surface area contributed by atoms with E-state index in [2.05, 4.69) is 26.1 Å². The number of carbonyl (C=O) groups excluding carboxylic acids is 1. The third kappa shape index (κ3) is 4.97. The summed E-state index contributed by atoms with van der Waals surface area (Å²) in [4.78, 5) is 23.7. The summed E-state index contributed by atoms with van der Waals surface area (Å²) < 4.78 is 5.05. The summed E-state index contributed by atoms with van der Waals surface area (Å²) >= 11 is 0. The van der Waals surface area contributed by atoms with Gasteiger partial charge in [0.05, 0.1) is 7.11 Å². The van der Waals surface area contributed by atoms with E-state index in [0.29, 0.717) is 23.6 Å². The maximum absolute atomic E-state index is 12.4. The number of rotatable bonds is 5. The Morgan fingerprint density at radius 2 is 1.84 bits per heavy atom. The zero-order valence-corrected chi connectivity index (χ0v) is 15.6. The Hall–Kier alpha value is -2.04. The molecular formula is C20H29NO4. The lowest BCUT2D eigenvalue weighted by atomic mass is 9.69. The molecular weight excluding hydrogens is 318 g/mol. The van der Waals surface area contributed by atoms with E-state index in [9.17, 15) is 14.7 Å². The molecule has 0 heterocycles. The smallest absolute Gasteiger partial charge is 0.339 e. The average Bonchev–Trinajstić information content (AvgIpc) is 2.58. The third-order valence-corrected chi connectivity index (χ3v) is 5.28. The second-order valence-corrected chi connectivity index (χ2v) is 7.97. The van der Waals surface area contributed by atoms with Gasteiger partial charge < -0.3 is 15.2 Å². The fourth-order valence-electron chi connectivity index (χ4n) is 3.59. The van der Waals surface area contributed by atoms with Gasteiger partial charge in [-0.1, -0.05) is 26.8 Å². The van der Waals surface area contributed by atoms with Crippen LogP contribution in [0.5, 0.6) is 5.75 Å². The largest absolute Gasteiger partial charge is 0.496 e. The molecule has 1 aliphatic rings. The Labute approximate surface area is 149 Å². The van der Waals surface area contributed by atoms with Crippen LogP contribution < -0.4 is 10.1 Å². The summed E-state index contributed by atoms with van der Waals surface area (Å²) in [5.41, 5.74) is 1.17. The number of hydrogen-bond acceptors (Lipinski definition) is 3. The molecule has 1 saturated carbocycles. The molecule has 25 heavy (non-hydrogen) atoms. The fraction of sp³-hybridized carbons (Fsp3) is 0.600. The first kappa shape index (κ1) is 19.3. The topological polar surface area (TPSA) is 75.6 Å². The number of amides is 1. The van der Waals surface area contributed by atoms with Gasteiger partial charge in [0.1, 0.15) is 11.3 Å². The van der Waals surface area contributed by atoms with Crippen molar-refractivity contribution in [1.82, 2.24) is 5.32 Å². The van der Waals surface area contributed by atoms with Crippen LogP contribution in [-0.4, -0.2) is 24.1 Å². The minimum Gasteiger partial charge on any atom is -0.496 e. The van der Waals surface area contributed by atoms with Gasteiger partial charge in [-0.05, 0) is 54.7 Å². The number of nitrogens with one attached hydrogen (secondary N) is 1. The molecule has 138 valence electrons. The minimum atomic E-state index is -1.04. The van der Waals surface area contributed by atoms with E-state index in [-0.39, 0.29) is 17.4 Å². The van der Waals surface area contributed by atoms with Crippen LogP contribution in [0.2, 0.25) is 0 Å². The molecule has 1 aliphatic carbocycles. The first-order valence-corrected chi connectivity index (χ1v) is 8.90. The standard InChI is InChI=1S/C20H29NO4/c1-20(2,3)15-8-6-14(7-9-15)18(22)21-12-13-5-10-17(25-4)16(11-13)19(23)24/h5,10-11,14-15H,6-9,12H2,1-4H3,(H,21,22)(H,23,24).